The summed E-state index contributed by atoms with van der Waals surface area (Å²) in [6, 6.07) is 4.37. The van der Waals surface area contributed by atoms with Crippen LogP contribution in [0.3, 0.4) is 0 Å². The first kappa shape index (κ1) is 16.1. The van der Waals surface area contributed by atoms with E-state index in [9.17, 15) is 21.6 Å². The second-order valence-electron chi connectivity index (χ2n) is 3.96. The highest BCUT2D eigenvalue weighted by Gasteiger charge is 2.33. The molecule has 0 atom stereocenters. The molecule has 21 heavy (non-hydrogen) atoms. The normalized spacial score (nSPS) is 12.4. The van der Waals surface area contributed by atoms with Crippen LogP contribution in [0.15, 0.2) is 38.3 Å². The van der Waals surface area contributed by atoms with Crippen LogP contribution < -0.4 is 10.5 Å². The number of nitrogens with two attached hydrogens (primary N) is 1. The number of benzene rings is 1. The highest BCUT2D eigenvalue weighted by atomic mass is 79.9. The first-order valence-electron chi connectivity index (χ1n) is 5.34. The molecule has 1 aromatic heterocycles. The molecule has 0 saturated heterocycles. The van der Waals surface area contributed by atoms with Gasteiger partial charge in [0.15, 0.2) is 4.21 Å². The lowest BCUT2D eigenvalue weighted by atomic mass is 10.1. The van der Waals surface area contributed by atoms with Crippen LogP contribution in [0.25, 0.3) is 0 Å². The Morgan fingerprint density at radius 2 is 1.90 bits per heavy atom. The van der Waals surface area contributed by atoms with Crippen molar-refractivity contribution in [2.24, 2.45) is 0 Å². The molecule has 2 rings (SSSR count). The molecular weight excluding hydrogens is 393 g/mol. The zero-order valence-corrected chi connectivity index (χ0v) is 13.3. The van der Waals surface area contributed by atoms with Crippen molar-refractivity contribution in [1.82, 2.24) is 0 Å². The van der Waals surface area contributed by atoms with Gasteiger partial charge in [0.05, 0.1) is 5.56 Å². The van der Waals surface area contributed by atoms with Crippen molar-refractivity contribution in [1.29, 1.82) is 0 Å². The van der Waals surface area contributed by atoms with E-state index in [-0.39, 0.29) is 9.90 Å². The van der Waals surface area contributed by atoms with Gasteiger partial charge in [0.25, 0.3) is 10.0 Å². The molecule has 1 heterocycles. The Balaban J connectivity index is 2.39. The zero-order valence-electron chi connectivity index (χ0n) is 10.1. The van der Waals surface area contributed by atoms with E-state index in [1.54, 1.807) is 5.38 Å². The monoisotopic (exact) mass is 400 g/mol. The standard InChI is InChI=1S/C11H8BrF3N2O2S2/c12-8-3-4-20-10(8)21(18,19)17-6-1-2-9(16)7(5-6)11(13,14)15/h1-5,17H,16H2. The summed E-state index contributed by atoms with van der Waals surface area (Å²) in [6.45, 7) is 0. The number of thiophene rings is 1. The van der Waals surface area contributed by atoms with Crippen LogP contribution >= 0.6 is 27.3 Å². The fourth-order valence-corrected chi connectivity index (χ4v) is 4.93. The number of nitrogens with one attached hydrogen (secondary N) is 1. The van der Waals surface area contributed by atoms with E-state index in [1.807, 2.05) is 0 Å². The van der Waals surface area contributed by atoms with Crippen molar-refractivity contribution < 1.29 is 21.6 Å². The fraction of sp³-hybridized carbons (Fsp3) is 0.0909. The third kappa shape index (κ3) is 3.50. The van der Waals surface area contributed by atoms with Crippen molar-refractivity contribution >= 4 is 48.7 Å². The zero-order chi connectivity index (χ0) is 15.8. The van der Waals surface area contributed by atoms with Gasteiger partial charge in [-0.05, 0) is 45.6 Å². The van der Waals surface area contributed by atoms with Crippen LogP contribution in [-0.4, -0.2) is 8.42 Å². The SMILES string of the molecule is Nc1ccc(NS(=O)(=O)c2sccc2Br)cc1C(F)(F)F. The van der Waals surface area contributed by atoms with Crippen LogP contribution in [0, 0.1) is 0 Å². The van der Waals surface area contributed by atoms with Crippen molar-refractivity contribution in [2.45, 2.75) is 10.4 Å². The van der Waals surface area contributed by atoms with Gasteiger partial charge in [-0.15, -0.1) is 11.3 Å². The van der Waals surface area contributed by atoms with Gasteiger partial charge in [-0.2, -0.15) is 13.2 Å². The van der Waals surface area contributed by atoms with Crippen LogP contribution in [-0.2, 0) is 16.2 Å². The summed E-state index contributed by atoms with van der Waals surface area (Å²) in [6.07, 6.45) is -4.66. The highest BCUT2D eigenvalue weighted by Crippen LogP contribution is 2.36. The van der Waals surface area contributed by atoms with Gasteiger partial charge in [-0.25, -0.2) is 8.42 Å². The minimum atomic E-state index is -4.66. The quantitative estimate of drug-likeness (QED) is 0.767. The maximum absolute atomic E-state index is 12.7. The third-order valence-electron chi connectivity index (χ3n) is 2.44. The third-order valence-corrected chi connectivity index (χ3v) is 6.49. The number of sulfonamides is 1. The molecule has 1 aromatic carbocycles. The van der Waals surface area contributed by atoms with Crippen molar-refractivity contribution in [3.63, 3.8) is 0 Å². The second-order valence-corrected chi connectivity index (χ2v) is 7.61. The highest BCUT2D eigenvalue weighted by molar-refractivity contribution is 9.10. The largest absolute Gasteiger partial charge is 0.418 e. The predicted octanol–water partition coefficient (Wildman–Crippen LogP) is 3.91. The Bertz CT molecular complexity index is 772. The number of rotatable bonds is 3. The van der Waals surface area contributed by atoms with Gasteiger partial charge in [-0.3, -0.25) is 4.72 Å². The Morgan fingerprint density at radius 3 is 2.43 bits per heavy atom. The Kier molecular flexibility index (Phi) is 4.22. The number of nitrogen functional groups attached to an aromatic ring is 1. The smallest absolute Gasteiger partial charge is 0.398 e. The molecule has 10 heteroatoms. The Hall–Kier alpha value is -1.26. The molecule has 4 nitrogen and oxygen atoms in total. The Morgan fingerprint density at radius 1 is 1.24 bits per heavy atom. The molecule has 0 unspecified atom stereocenters. The van der Waals surface area contributed by atoms with E-state index < -0.39 is 27.5 Å². The summed E-state index contributed by atoms with van der Waals surface area (Å²) in [5, 5.41) is 1.54. The van der Waals surface area contributed by atoms with Gasteiger partial charge < -0.3 is 5.73 Å². The van der Waals surface area contributed by atoms with Gasteiger partial charge in [0.1, 0.15) is 0 Å². The van der Waals surface area contributed by atoms with Crippen molar-refractivity contribution in [3.05, 3.63) is 39.7 Å². The molecule has 0 saturated carbocycles. The summed E-state index contributed by atoms with van der Waals surface area (Å²) < 4.78 is 64.8. The van der Waals surface area contributed by atoms with Gasteiger partial charge >= 0.3 is 6.18 Å². The topological polar surface area (TPSA) is 72.2 Å². The lowest BCUT2D eigenvalue weighted by Gasteiger charge is -2.13. The molecule has 2 aromatic rings. The Labute approximate surface area is 131 Å². The number of halogens is 4. The van der Waals surface area contributed by atoms with E-state index in [2.05, 4.69) is 20.7 Å². The number of hydrogen-bond acceptors (Lipinski definition) is 4. The predicted molar refractivity (Wildman–Crippen MR) is 78.7 cm³/mol. The number of anilines is 2. The lowest BCUT2D eigenvalue weighted by molar-refractivity contribution is -0.136. The van der Waals surface area contributed by atoms with Crippen LogP contribution in [0.5, 0.6) is 0 Å². The van der Waals surface area contributed by atoms with Crippen molar-refractivity contribution in [3.8, 4) is 0 Å². The minimum Gasteiger partial charge on any atom is -0.398 e. The molecule has 0 bridgehead atoms. The number of alkyl halides is 3. The molecular formula is C11H8BrF3N2O2S2. The fourth-order valence-electron chi connectivity index (χ4n) is 1.54. The maximum Gasteiger partial charge on any atom is 0.418 e. The van der Waals surface area contributed by atoms with Gasteiger partial charge in [0, 0.05) is 15.8 Å². The first-order valence-corrected chi connectivity index (χ1v) is 8.49. The van der Waals surface area contributed by atoms with Gasteiger partial charge in [0.2, 0.25) is 0 Å². The molecule has 0 aliphatic carbocycles. The average molecular weight is 401 g/mol. The molecule has 0 spiro atoms. The van der Waals surface area contributed by atoms with Crippen LogP contribution in [0.2, 0.25) is 0 Å². The first-order chi connectivity index (χ1) is 9.61. The molecule has 114 valence electrons. The molecule has 0 aliphatic rings. The minimum absolute atomic E-state index is 0.0205. The van der Waals surface area contributed by atoms with E-state index in [1.165, 1.54) is 12.1 Å². The van der Waals surface area contributed by atoms with Gasteiger partial charge in [-0.1, -0.05) is 0 Å². The van der Waals surface area contributed by atoms with Crippen LogP contribution in [0.4, 0.5) is 24.5 Å². The summed E-state index contributed by atoms with van der Waals surface area (Å²) in [5.74, 6) is 0. The average Bonchev–Trinajstić information content (AvgIpc) is 2.77. The number of hydrogen-bond donors (Lipinski definition) is 2. The van der Waals surface area contributed by atoms with E-state index in [0.29, 0.717) is 10.5 Å². The van der Waals surface area contributed by atoms with Crippen LogP contribution in [0.1, 0.15) is 5.56 Å². The molecule has 0 radical (unpaired) electrons. The summed E-state index contributed by atoms with van der Waals surface area (Å²) in [5.41, 5.74) is 3.48. The van der Waals surface area contributed by atoms with E-state index in [0.717, 1.165) is 17.4 Å². The summed E-state index contributed by atoms with van der Waals surface area (Å²) >= 11 is 4.01. The van der Waals surface area contributed by atoms with E-state index >= 15 is 0 Å². The molecule has 0 aliphatic heterocycles. The summed E-state index contributed by atoms with van der Waals surface area (Å²) in [7, 11) is -3.96. The van der Waals surface area contributed by atoms with Crippen molar-refractivity contribution in [2.75, 3.05) is 10.5 Å². The second kappa shape index (κ2) is 5.50. The molecule has 0 amide bonds. The summed E-state index contributed by atoms with van der Waals surface area (Å²) in [4.78, 5) is 0. The molecule has 0 fully saturated rings. The molecule has 3 N–H and O–H groups in total. The van der Waals surface area contributed by atoms with E-state index in [4.69, 9.17) is 5.73 Å². The maximum atomic E-state index is 12.7. The lowest BCUT2D eigenvalue weighted by Crippen LogP contribution is -2.14.